The average Bonchev–Trinajstić information content (AvgIpc) is 3.25. The maximum Gasteiger partial charge on any atom is 0.255 e. The predicted octanol–water partition coefficient (Wildman–Crippen LogP) is 0.342. The molecule has 1 fully saturated rings. The highest BCUT2D eigenvalue weighted by atomic mass is 16.3. The lowest BCUT2D eigenvalue weighted by Gasteiger charge is -2.29. The molecule has 1 aromatic heterocycles. The molecule has 9 nitrogen and oxygen atoms in total. The molecule has 2 aliphatic heterocycles. The van der Waals surface area contributed by atoms with E-state index in [9.17, 15) is 19.5 Å². The van der Waals surface area contributed by atoms with Gasteiger partial charge in [0.2, 0.25) is 11.8 Å². The van der Waals surface area contributed by atoms with E-state index >= 15 is 0 Å². The molecule has 0 spiro atoms. The molecular weight excluding hydrogens is 362 g/mol. The zero-order valence-electron chi connectivity index (χ0n) is 15.5. The van der Waals surface area contributed by atoms with Gasteiger partial charge in [-0.25, -0.2) is 4.68 Å². The standard InChI is InChI=1S/C19H21N5O4/c1-11(25)2-3-13-10-24(22-21-13)14-4-5-15-12(8-14)9-23(19(15)28)16-6-7-17(26)20-18(16)27/h4-5,8,10-11,16,25H,2-3,6-7,9H2,1H3,(H,20,26,27). The number of amides is 3. The zero-order chi connectivity index (χ0) is 19.8. The van der Waals surface area contributed by atoms with Gasteiger partial charge < -0.3 is 10.0 Å². The zero-order valence-corrected chi connectivity index (χ0v) is 15.5. The lowest BCUT2D eigenvalue weighted by molar-refractivity contribution is -0.136. The van der Waals surface area contributed by atoms with Gasteiger partial charge in [0.25, 0.3) is 5.91 Å². The van der Waals surface area contributed by atoms with Crippen molar-refractivity contribution in [3.05, 3.63) is 41.2 Å². The Bertz CT molecular complexity index is 952. The summed E-state index contributed by atoms with van der Waals surface area (Å²) >= 11 is 0. The van der Waals surface area contributed by atoms with E-state index in [1.807, 2.05) is 6.07 Å². The van der Waals surface area contributed by atoms with Crippen molar-refractivity contribution in [3.63, 3.8) is 0 Å². The summed E-state index contributed by atoms with van der Waals surface area (Å²) in [6.45, 7) is 2.05. The Morgan fingerprint density at radius 2 is 2.14 bits per heavy atom. The first kappa shape index (κ1) is 18.3. The highest BCUT2D eigenvalue weighted by Crippen LogP contribution is 2.29. The van der Waals surface area contributed by atoms with Gasteiger partial charge in [0.05, 0.1) is 23.7 Å². The number of aromatic nitrogens is 3. The highest BCUT2D eigenvalue weighted by Gasteiger charge is 2.39. The molecule has 146 valence electrons. The van der Waals surface area contributed by atoms with Crippen molar-refractivity contribution in [2.75, 3.05) is 0 Å². The molecule has 4 rings (SSSR count). The number of nitrogens with one attached hydrogen (secondary N) is 1. The van der Waals surface area contributed by atoms with Crippen molar-refractivity contribution in [3.8, 4) is 5.69 Å². The van der Waals surface area contributed by atoms with Crippen LogP contribution in [-0.4, -0.2) is 54.9 Å². The van der Waals surface area contributed by atoms with Crippen LogP contribution in [0.2, 0.25) is 0 Å². The molecule has 2 aliphatic rings. The van der Waals surface area contributed by atoms with Gasteiger partial charge in [-0.15, -0.1) is 5.10 Å². The van der Waals surface area contributed by atoms with Crippen molar-refractivity contribution in [1.29, 1.82) is 0 Å². The van der Waals surface area contributed by atoms with Crippen LogP contribution in [0.25, 0.3) is 5.69 Å². The molecule has 3 amide bonds. The Morgan fingerprint density at radius 3 is 2.89 bits per heavy atom. The third kappa shape index (κ3) is 3.40. The molecule has 0 bridgehead atoms. The quantitative estimate of drug-likeness (QED) is 0.719. The van der Waals surface area contributed by atoms with E-state index in [0.717, 1.165) is 16.9 Å². The Morgan fingerprint density at radius 1 is 1.32 bits per heavy atom. The molecular formula is C19H21N5O4. The molecule has 0 aliphatic carbocycles. The van der Waals surface area contributed by atoms with Gasteiger partial charge in [-0.3, -0.25) is 19.7 Å². The van der Waals surface area contributed by atoms with E-state index in [1.54, 1.807) is 29.9 Å². The summed E-state index contributed by atoms with van der Waals surface area (Å²) in [5.74, 6) is -0.922. The average molecular weight is 383 g/mol. The van der Waals surface area contributed by atoms with Crippen molar-refractivity contribution in [2.45, 2.75) is 51.3 Å². The first-order chi connectivity index (χ1) is 13.4. The van der Waals surface area contributed by atoms with Crippen LogP contribution < -0.4 is 5.32 Å². The van der Waals surface area contributed by atoms with Gasteiger partial charge in [0.1, 0.15) is 6.04 Å². The van der Waals surface area contributed by atoms with Gasteiger partial charge in [0, 0.05) is 18.5 Å². The lowest BCUT2D eigenvalue weighted by Crippen LogP contribution is -2.52. The fourth-order valence-corrected chi connectivity index (χ4v) is 3.60. The second kappa shape index (κ2) is 7.16. The Balaban J connectivity index is 1.53. The number of piperidine rings is 1. The number of hydrogen-bond acceptors (Lipinski definition) is 6. The van der Waals surface area contributed by atoms with Gasteiger partial charge in [-0.05, 0) is 49.9 Å². The van der Waals surface area contributed by atoms with Gasteiger partial charge in [-0.2, -0.15) is 0 Å². The van der Waals surface area contributed by atoms with E-state index in [4.69, 9.17) is 0 Å². The van der Waals surface area contributed by atoms with Crippen molar-refractivity contribution < 1.29 is 19.5 Å². The maximum absolute atomic E-state index is 12.7. The molecule has 2 atom stereocenters. The van der Waals surface area contributed by atoms with Crippen LogP contribution in [0.15, 0.2) is 24.4 Å². The summed E-state index contributed by atoms with van der Waals surface area (Å²) in [4.78, 5) is 37.7. The van der Waals surface area contributed by atoms with Crippen LogP contribution in [-0.2, 0) is 22.6 Å². The van der Waals surface area contributed by atoms with Gasteiger partial charge in [0.15, 0.2) is 0 Å². The topological polar surface area (TPSA) is 117 Å². The number of fused-ring (bicyclic) bond motifs is 1. The summed E-state index contributed by atoms with van der Waals surface area (Å²) in [5, 5.41) is 19.9. The fourth-order valence-electron chi connectivity index (χ4n) is 3.60. The van der Waals surface area contributed by atoms with Gasteiger partial charge in [-0.1, -0.05) is 5.21 Å². The number of nitrogens with zero attached hydrogens (tertiary/aromatic N) is 4. The number of imide groups is 1. The molecule has 2 aromatic rings. The summed E-state index contributed by atoms with van der Waals surface area (Å²) in [5.41, 5.74) is 2.92. The minimum atomic E-state index is -0.625. The molecule has 2 N–H and O–H groups in total. The largest absolute Gasteiger partial charge is 0.393 e. The SMILES string of the molecule is CC(O)CCc1cn(-c2ccc3c(c2)CN(C2CCC(=O)NC2=O)C3=O)nn1. The lowest BCUT2D eigenvalue weighted by atomic mass is 10.0. The van der Waals surface area contributed by atoms with E-state index in [0.29, 0.717) is 31.4 Å². The Hall–Kier alpha value is -3.07. The second-order valence-corrected chi connectivity index (χ2v) is 7.28. The first-order valence-electron chi connectivity index (χ1n) is 9.29. The van der Waals surface area contributed by atoms with Crippen LogP contribution in [0.1, 0.15) is 47.8 Å². The summed E-state index contributed by atoms with van der Waals surface area (Å²) in [7, 11) is 0. The number of hydrogen-bond donors (Lipinski definition) is 2. The number of carbonyl (C=O) groups is 3. The summed E-state index contributed by atoms with van der Waals surface area (Å²) < 4.78 is 1.64. The van der Waals surface area contributed by atoms with E-state index < -0.39 is 18.1 Å². The smallest absolute Gasteiger partial charge is 0.255 e. The Labute approximate surface area is 161 Å². The molecule has 1 aromatic carbocycles. The molecule has 2 unspecified atom stereocenters. The molecule has 9 heteroatoms. The highest BCUT2D eigenvalue weighted by molar-refractivity contribution is 6.05. The van der Waals surface area contributed by atoms with E-state index in [-0.39, 0.29) is 18.2 Å². The number of benzene rings is 1. The Kier molecular flexibility index (Phi) is 4.68. The van der Waals surface area contributed by atoms with Crippen LogP contribution in [0, 0.1) is 0 Å². The number of carbonyl (C=O) groups excluding carboxylic acids is 3. The molecule has 1 saturated heterocycles. The van der Waals surface area contributed by atoms with Crippen LogP contribution >= 0.6 is 0 Å². The molecule has 0 saturated carbocycles. The normalized spacial score (nSPS) is 20.3. The maximum atomic E-state index is 12.7. The van der Waals surface area contributed by atoms with Crippen LogP contribution in [0.3, 0.4) is 0 Å². The number of aliphatic hydroxyl groups is 1. The van der Waals surface area contributed by atoms with Gasteiger partial charge >= 0.3 is 0 Å². The molecule has 3 heterocycles. The third-order valence-corrected chi connectivity index (χ3v) is 5.13. The van der Waals surface area contributed by atoms with E-state index in [1.165, 1.54) is 4.90 Å². The van der Waals surface area contributed by atoms with E-state index in [2.05, 4.69) is 15.6 Å². The summed E-state index contributed by atoms with van der Waals surface area (Å²) in [6.07, 6.45) is 3.22. The van der Waals surface area contributed by atoms with Crippen molar-refractivity contribution in [2.24, 2.45) is 0 Å². The second-order valence-electron chi connectivity index (χ2n) is 7.28. The van der Waals surface area contributed by atoms with Crippen LogP contribution in [0.4, 0.5) is 0 Å². The first-order valence-corrected chi connectivity index (χ1v) is 9.29. The molecule has 0 radical (unpaired) electrons. The van der Waals surface area contributed by atoms with Crippen molar-refractivity contribution >= 4 is 17.7 Å². The predicted molar refractivity (Wildman–Crippen MR) is 97.4 cm³/mol. The van der Waals surface area contributed by atoms with Crippen LogP contribution in [0.5, 0.6) is 0 Å². The fraction of sp³-hybridized carbons (Fsp3) is 0.421. The minimum Gasteiger partial charge on any atom is -0.393 e. The minimum absolute atomic E-state index is 0.202. The van der Waals surface area contributed by atoms with Crippen molar-refractivity contribution in [1.82, 2.24) is 25.2 Å². The molecule has 28 heavy (non-hydrogen) atoms. The third-order valence-electron chi connectivity index (χ3n) is 5.13. The number of rotatable bonds is 5. The monoisotopic (exact) mass is 383 g/mol. The summed E-state index contributed by atoms with van der Waals surface area (Å²) in [6, 6.07) is 4.76. The number of aryl methyl sites for hydroxylation is 1. The number of aliphatic hydroxyl groups excluding tert-OH is 1.